The zero-order valence-corrected chi connectivity index (χ0v) is 19.6. The highest BCUT2D eigenvalue weighted by Gasteiger charge is 2.31. The maximum atomic E-state index is 13.3. The molecule has 6 nitrogen and oxygen atoms in total. The molecule has 1 N–H and O–H groups in total. The van der Waals surface area contributed by atoms with E-state index in [1.807, 2.05) is 36.0 Å². The van der Waals surface area contributed by atoms with Gasteiger partial charge in [0.05, 0.1) is 12.1 Å². The second kappa shape index (κ2) is 9.57. The molecule has 1 saturated heterocycles. The first-order valence-electron chi connectivity index (χ1n) is 11.0. The summed E-state index contributed by atoms with van der Waals surface area (Å²) in [5.74, 6) is 0.138. The number of nitrogens with zero attached hydrogens (tertiary/aromatic N) is 2. The molecule has 8 heteroatoms. The zero-order chi connectivity index (χ0) is 22.8. The second-order valence-corrected chi connectivity index (χ2v) is 10.5. The Hall–Kier alpha value is -2.84. The first-order chi connectivity index (χ1) is 16.1. The predicted molar refractivity (Wildman–Crippen MR) is 131 cm³/mol. The van der Waals surface area contributed by atoms with E-state index in [0.717, 1.165) is 18.6 Å². The number of ether oxygens (including phenoxy) is 1. The summed E-state index contributed by atoms with van der Waals surface area (Å²) in [6.07, 6.45) is 1.59. The van der Waals surface area contributed by atoms with Gasteiger partial charge in [-0.3, -0.25) is 9.69 Å². The van der Waals surface area contributed by atoms with Gasteiger partial charge in [0.2, 0.25) is 0 Å². The summed E-state index contributed by atoms with van der Waals surface area (Å²) in [7, 11) is 0. The maximum Gasteiger partial charge on any atom is 0.416 e. The number of carbonyl (C=O) groups excluding carboxylic acids is 1. The molecule has 1 aromatic heterocycles. The summed E-state index contributed by atoms with van der Waals surface area (Å²) >= 11 is 3.15. The van der Waals surface area contributed by atoms with Gasteiger partial charge in [0, 0.05) is 23.1 Å². The largest absolute Gasteiger partial charge is 0.481 e. The van der Waals surface area contributed by atoms with Gasteiger partial charge in [-0.05, 0) is 40.8 Å². The minimum atomic E-state index is -0.939. The minimum Gasteiger partial charge on any atom is -0.481 e. The molecule has 5 rings (SSSR count). The Balaban J connectivity index is 1.35. The van der Waals surface area contributed by atoms with Gasteiger partial charge in [0.25, 0.3) is 0 Å². The van der Waals surface area contributed by atoms with Crippen LogP contribution in [0.4, 0.5) is 9.93 Å². The Morgan fingerprint density at radius 1 is 1.09 bits per heavy atom. The lowest BCUT2D eigenvalue weighted by molar-refractivity contribution is -0.136. The third-order valence-corrected chi connectivity index (χ3v) is 8.36. The Bertz CT molecular complexity index is 1130. The molecule has 1 aliphatic heterocycles. The Morgan fingerprint density at radius 2 is 1.79 bits per heavy atom. The van der Waals surface area contributed by atoms with Crippen LogP contribution in [0.15, 0.2) is 53.9 Å². The molecule has 2 heterocycles. The van der Waals surface area contributed by atoms with Crippen LogP contribution >= 0.6 is 23.1 Å². The van der Waals surface area contributed by atoms with Gasteiger partial charge >= 0.3 is 12.1 Å². The minimum absolute atomic E-state index is 0.0112. The number of aromatic nitrogens is 1. The Morgan fingerprint density at radius 3 is 2.42 bits per heavy atom. The van der Waals surface area contributed by atoms with E-state index in [-0.39, 0.29) is 18.9 Å². The maximum absolute atomic E-state index is 13.3. The second-order valence-electron chi connectivity index (χ2n) is 8.24. The van der Waals surface area contributed by atoms with Gasteiger partial charge in [0.15, 0.2) is 5.13 Å². The van der Waals surface area contributed by atoms with Crippen LogP contribution in [-0.4, -0.2) is 46.3 Å². The number of anilines is 1. The number of rotatable bonds is 7. The number of fused-ring (bicyclic) bond motifs is 3. The van der Waals surface area contributed by atoms with Gasteiger partial charge in [0.1, 0.15) is 6.61 Å². The van der Waals surface area contributed by atoms with Crippen LogP contribution in [0.2, 0.25) is 0 Å². The van der Waals surface area contributed by atoms with Crippen LogP contribution in [0.3, 0.4) is 0 Å². The summed E-state index contributed by atoms with van der Waals surface area (Å²) < 4.78 is 5.88. The highest BCUT2D eigenvalue weighted by atomic mass is 32.2. The number of hydrogen-bond donors (Lipinski definition) is 1. The summed E-state index contributed by atoms with van der Waals surface area (Å²) in [6.45, 7) is 0.760. The van der Waals surface area contributed by atoms with Crippen LogP contribution in [-0.2, 0) is 16.0 Å². The molecule has 0 radical (unpaired) electrons. The molecule has 0 bridgehead atoms. The quantitative estimate of drug-likeness (QED) is 0.486. The number of carbonyl (C=O) groups is 2. The van der Waals surface area contributed by atoms with Crippen molar-refractivity contribution in [2.24, 2.45) is 0 Å². The van der Waals surface area contributed by atoms with E-state index in [1.165, 1.54) is 33.6 Å². The number of carboxylic acid groups (broad SMARTS) is 1. The number of hydrogen-bond acceptors (Lipinski definition) is 6. The van der Waals surface area contributed by atoms with Crippen molar-refractivity contribution in [3.05, 3.63) is 70.7 Å². The number of benzene rings is 2. The van der Waals surface area contributed by atoms with E-state index in [1.54, 1.807) is 10.3 Å². The number of carboxylic acids is 1. The van der Waals surface area contributed by atoms with Crippen molar-refractivity contribution >= 4 is 40.3 Å². The molecule has 1 fully saturated rings. The van der Waals surface area contributed by atoms with Crippen molar-refractivity contribution in [2.75, 3.05) is 23.8 Å². The highest BCUT2D eigenvalue weighted by Crippen LogP contribution is 2.44. The van der Waals surface area contributed by atoms with E-state index in [0.29, 0.717) is 22.6 Å². The molecular formula is C25H24N2O4S2. The lowest BCUT2D eigenvalue weighted by Gasteiger charge is -2.23. The van der Waals surface area contributed by atoms with Crippen molar-refractivity contribution < 1.29 is 19.4 Å². The van der Waals surface area contributed by atoms with E-state index < -0.39 is 12.1 Å². The van der Waals surface area contributed by atoms with Gasteiger partial charge in [-0.15, -0.1) is 11.3 Å². The summed E-state index contributed by atoms with van der Waals surface area (Å²) in [6, 6.07) is 16.5. The third-order valence-electron chi connectivity index (χ3n) is 6.07. The molecule has 2 aromatic carbocycles. The number of aliphatic carboxylic acids is 1. The molecule has 1 atom stereocenters. The third kappa shape index (κ3) is 4.63. The van der Waals surface area contributed by atoms with Gasteiger partial charge in [-0.2, -0.15) is 11.8 Å². The first kappa shape index (κ1) is 22.0. The summed E-state index contributed by atoms with van der Waals surface area (Å²) in [5.41, 5.74) is 5.17. The number of thiazole rings is 1. The molecule has 0 spiro atoms. The van der Waals surface area contributed by atoms with E-state index >= 15 is 0 Å². The van der Waals surface area contributed by atoms with E-state index in [9.17, 15) is 9.59 Å². The van der Waals surface area contributed by atoms with Crippen molar-refractivity contribution in [3.63, 3.8) is 0 Å². The lowest BCUT2D eigenvalue weighted by atomic mass is 9.98. The van der Waals surface area contributed by atoms with Crippen molar-refractivity contribution in [2.45, 2.75) is 30.4 Å². The first-order valence-corrected chi connectivity index (χ1v) is 12.9. The van der Waals surface area contributed by atoms with Gasteiger partial charge < -0.3 is 9.84 Å². The molecule has 0 saturated carbocycles. The zero-order valence-electron chi connectivity index (χ0n) is 18.0. The highest BCUT2D eigenvalue weighted by molar-refractivity contribution is 8.00. The van der Waals surface area contributed by atoms with Crippen LogP contribution in [0.1, 0.15) is 35.6 Å². The molecule has 2 aliphatic rings. The molecule has 1 aliphatic carbocycles. The van der Waals surface area contributed by atoms with Crippen molar-refractivity contribution in [1.82, 2.24) is 4.98 Å². The van der Waals surface area contributed by atoms with E-state index in [2.05, 4.69) is 29.2 Å². The molecule has 3 aromatic rings. The monoisotopic (exact) mass is 480 g/mol. The normalized spacial score (nSPS) is 16.9. The van der Waals surface area contributed by atoms with E-state index in [4.69, 9.17) is 9.84 Å². The fourth-order valence-corrected chi connectivity index (χ4v) is 6.63. The van der Waals surface area contributed by atoms with Gasteiger partial charge in [-0.1, -0.05) is 48.5 Å². The Kier molecular flexibility index (Phi) is 6.37. The van der Waals surface area contributed by atoms with Crippen molar-refractivity contribution in [1.29, 1.82) is 0 Å². The molecule has 170 valence electrons. The van der Waals surface area contributed by atoms with Crippen LogP contribution < -0.4 is 4.90 Å². The fraction of sp³-hybridized carbons (Fsp3) is 0.320. The molecular weight excluding hydrogens is 456 g/mol. The van der Waals surface area contributed by atoms with Crippen LogP contribution in [0.25, 0.3) is 11.1 Å². The molecule has 1 unspecified atom stereocenters. The number of thioether (sulfide) groups is 1. The Labute approximate surface area is 200 Å². The lowest BCUT2D eigenvalue weighted by Crippen LogP contribution is -2.37. The SMILES string of the molecule is O=C(O)Cc1csc(N(CC2CCCS2)C(=O)OCC2c3ccccc3-c3ccccc32)n1. The number of amides is 1. The fourth-order valence-electron chi connectivity index (χ4n) is 4.55. The molecule has 1 amide bonds. The van der Waals surface area contributed by atoms with Crippen LogP contribution in [0, 0.1) is 0 Å². The average molecular weight is 481 g/mol. The molecule has 33 heavy (non-hydrogen) atoms. The topological polar surface area (TPSA) is 79.7 Å². The van der Waals surface area contributed by atoms with Gasteiger partial charge in [-0.25, -0.2) is 9.78 Å². The van der Waals surface area contributed by atoms with Crippen molar-refractivity contribution in [3.8, 4) is 11.1 Å². The van der Waals surface area contributed by atoms with Crippen LogP contribution in [0.5, 0.6) is 0 Å². The summed E-state index contributed by atoms with van der Waals surface area (Å²) in [5, 5.41) is 11.6. The standard InChI is InChI=1S/C25H24N2O4S2/c28-23(29)12-16-15-33-24(26-16)27(13-17-6-5-11-32-17)25(30)31-14-22-20-9-3-1-7-18(20)19-8-2-4-10-21(19)22/h1-4,7-10,15,17,22H,5-6,11-14H2,(H,28,29). The summed E-state index contributed by atoms with van der Waals surface area (Å²) in [4.78, 5) is 30.4. The average Bonchev–Trinajstić information content (AvgIpc) is 3.55. The predicted octanol–water partition coefficient (Wildman–Crippen LogP) is 5.42. The smallest absolute Gasteiger partial charge is 0.416 e.